The van der Waals surface area contributed by atoms with Gasteiger partial charge in [-0.1, -0.05) is 0 Å². The molecule has 0 bridgehead atoms. The van der Waals surface area contributed by atoms with Crippen LogP contribution >= 0.6 is 0 Å². The van der Waals surface area contributed by atoms with Gasteiger partial charge in [0.1, 0.15) is 0 Å². The number of morpholine rings is 1. The molecule has 0 radical (unpaired) electrons. The number of anilines is 1. The van der Waals surface area contributed by atoms with Gasteiger partial charge in [0.15, 0.2) is 5.78 Å². The summed E-state index contributed by atoms with van der Waals surface area (Å²) >= 11 is 0. The van der Waals surface area contributed by atoms with E-state index >= 15 is 0 Å². The molecule has 1 aromatic carbocycles. The normalized spacial score (nSPS) is 17.6. The van der Waals surface area contributed by atoms with Crippen molar-refractivity contribution in [1.29, 1.82) is 0 Å². The van der Waals surface area contributed by atoms with Gasteiger partial charge in [-0.2, -0.15) is 0 Å². The molecule has 1 saturated heterocycles. The zero-order valence-electron chi connectivity index (χ0n) is 11.0. The van der Waals surface area contributed by atoms with E-state index in [1.54, 1.807) is 7.05 Å². The van der Waals surface area contributed by atoms with Gasteiger partial charge < -0.3 is 15.0 Å². The van der Waals surface area contributed by atoms with Gasteiger partial charge in [0.05, 0.1) is 19.3 Å². The van der Waals surface area contributed by atoms with Crippen molar-refractivity contribution >= 4 is 11.5 Å². The Labute approximate surface area is 108 Å². The van der Waals surface area contributed by atoms with Gasteiger partial charge in [0.2, 0.25) is 0 Å². The lowest BCUT2D eigenvalue weighted by Crippen LogP contribution is -2.36. The quantitative estimate of drug-likeness (QED) is 0.816. The number of rotatable bonds is 4. The highest BCUT2D eigenvalue weighted by molar-refractivity contribution is 6.00. The minimum absolute atomic E-state index is 0.131. The number of ketones is 1. The number of nitrogens with one attached hydrogen (secondary N) is 1. The Morgan fingerprint density at radius 3 is 2.44 bits per heavy atom. The molecule has 0 amide bonds. The lowest BCUT2D eigenvalue weighted by atomic mass is 10.0. The number of hydrogen-bond donors (Lipinski definition) is 1. The molecule has 4 nitrogen and oxygen atoms in total. The first-order chi connectivity index (χ1) is 8.72. The average Bonchev–Trinajstić information content (AvgIpc) is 2.47. The Kier molecular flexibility index (Phi) is 4.33. The molecule has 1 aromatic rings. The van der Waals surface area contributed by atoms with Crippen molar-refractivity contribution in [3.05, 3.63) is 29.8 Å². The van der Waals surface area contributed by atoms with Gasteiger partial charge in [-0.05, 0) is 38.2 Å². The van der Waals surface area contributed by atoms with Crippen molar-refractivity contribution < 1.29 is 9.53 Å². The van der Waals surface area contributed by atoms with E-state index in [4.69, 9.17) is 4.74 Å². The number of carbonyl (C=O) groups excluding carboxylic acids is 1. The molecule has 0 saturated carbocycles. The summed E-state index contributed by atoms with van der Waals surface area (Å²) < 4.78 is 5.33. The second-order valence-electron chi connectivity index (χ2n) is 4.52. The fourth-order valence-corrected chi connectivity index (χ4v) is 2.04. The maximum absolute atomic E-state index is 12.0. The molecule has 1 atom stereocenters. The van der Waals surface area contributed by atoms with Crippen LogP contribution in [0.15, 0.2) is 24.3 Å². The van der Waals surface area contributed by atoms with Crippen LogP contribution in [0.3, 0.4) is 0 Å². The molecule has 0 aromatic heterocycles. The first-order valence-corrected chi connectivity index (χ1v) is 6.36. The summed E-state index contributed by atoms with van der Waals surface area (Å²) in [4.78, 5) is 14.2. The number of likely N-dealkylation sites (N-methyl/N-ethyl adjacent to an activating group) is 1. The lowest BCUT2D eigenvalue weighted by Gasteiger charge is -2.28. The van der Waals surface area contributed by atoms with E-state index in [9.17, 15) is 4.79 Å². The van der Waals surface area contributed by atoms with Gasteiger partial charge in [-0.15, -0.1) is 0 Å². The molecule has 0 aliphatic carbocycles. The van der Waals surface area contributed by atoms with Crippen LogP contribution in [0.1, 0.15) is 17.3 Å². The molecule has 1 aliphatic heterocycles. The molecule has 1 aliphatic rings. The van der Waals surface area contributed by atoms with E-state index in [2.05, 4.69) is 10.2 Å². The summed E-state index contributed by atoms with van der Waals surface area (Å²) in [6, 6.07) is 7.70. The van der Waals surface area contributed by atoms with Gasteiger partial charge in [-0.25, -0.2) is 0 Å². The van der Waals surface area contributed by atoms with Crippen LogP contribution in [0.5, 0.6) is 0 Å². The molecule has 98 valence electrons. The standard InChI is InChI=1S/C14H20N2O2/c1-11(15-2)14(17)12-3-5-13(6-4-12)16-7-9-18-10-8-16/h3-6,11,15H,7-10H2,1-2H3. The minimum atomic E-state index is -0.140. The van der Waals surface area contributed by atoms with Gasteiger partial charge in [0.25, 0.3) is 0 Å². The predicted octanol–water partition coefficient (Wildman–Crippen LogP) is 1.31. The van der Waals surface area contributed by atoms with Crippen molar-refractivity contribution in [3.8, 4) is 0 Å². The molecular weight excluding hydrogens is 228 g/mol. The van der Waals surface area contributed by atoms with E-state index in [0.29, 0.717) is 0 Å². The molecular formula is C14H20N2O2. The third kappa shape index (κ3) is 2.89. The smallest absolute Gasteiger partial charge is 0.179 e. The van der Waals surface area contributed by atoms with Gasteiger partial charge in [-0.3, -0.25) is 4.79 Å². The molecule has 1 N–H and O–H groups in total. The van der Waals surface area contributed by atoms with Crippen molar-refractivity contribution in [2.24, 2.45) is 0 Å². The zero-order chi connectivity index (χ0) is 13.0. The van der Waals surface area contributed by atoms with Crippen LogP contribution in [0.4, 0.5) is 5.69 Å². The molecule has 0 spiro atoms. The largest absolute Gasteiger partial charge is 0.378 e. The Bertz CT molecular complexity index is 397. The van der Waals surface area contributed by atoms with Crippen molar-refractivity contribution in [2.75, 3.05) is 38.3 Å². The second-order valence-corrected chi connectivity index (χ2v) is 4.52. The van der Waals surface area contributed by atoms with E-state index in [1.807, 2.05) is 31.2 Å². The van der Waals surface area contributed by atoms with Crippen molar-refractivity contribution in [3.63, 3.8) is 0 Å². The predicted molar refractivity (Wildman–Crippen MR) is 72.3 cm³/mol. The highest BCUT2D eigenvalue weighted by Crippen LogP contribution is 2.17. The Balaban J connectivity index is 2.07. The Morgan fingerprint density at radius 2 is 1.89 bits per heavy atom. The summed E-state index contributed by atoms with van der Waals surface area (Å²) in [6.07, 6.45) is 0. The van der Waals surface area contributed by atoms with E-state index in [1.165, 1.54) is 0 Å². The molecule has 18 heavy (non-hydrogen) atoms. The van der Waals surface area contributed by atoms with Gasteiger partial charge >= 0.3 is 0 Å². The molecule has 1 unspecified atom stereocenters. The highest BCUT2D eigenvalue weighted by atomic mass is 16.5. The SMILES string of the molecule is CNC(C)C(=O)c1ccc(N2CCOCC2)cc1. The van der Waals surface area contributed by atoms with Crippen LogP contribution in [0, 0.1) is 0 Å². The third-order valence-corrected chi connectivity index (χ3v) is 3.35. The summed E-state index contributed by atoms with van der Waals surface area (Å²) in [5.41, 5.74) is 1.92. The molecule has 2 rings (SSSR count). The van der Waals surface area contributed by atoms with E-state index in [-0.39, 0.29) is 11.8 Å². The van der Waals surface area contributed by atoms with Crippen LogP contribution < -0.4 is 10.2 Å². The fourth-order valence-electron chi connectivity index (χ4n) is 2.04. The number of benzene rings is 1. The molecule has 1 fully saturated rings. The lowest BCUT2D eigenvalue weighted by molar-refractivity contribution is 0.0955. The number of nitrogens with zero attached hydrogens (tertiary/aromatic N) is 1. The average molecular weight is 248 g/mol. The second kappa shape index (κ2) is 5.98. The number of carbonyl (C=O) groups is 1. The van der Waals surface area contributed by atoms with E-state index in [0.717, 1.165) is 37.6 Å². The summed E-state index contributed by atoms with van der Waals surface area (Å²) in [5, 5.41) is 2.96. The number of hydrogen-bond acceptors (Lipinski definition) is 4. The van der Waals surface area contributed by atoms with Crippen molar-refractivity contribution in [1.82, 2.24) is 5.32 Å². The highest BCUT2D eigenvalue weighted by Gasteiger charge is 2.14. The minimum Gasteiger partial charge on any atom is -0.378 e. The van der Waals surface area contributed by atoms with Gasteiger partial charge in [0, 0.05) is 24.3 Å². The number of Topliss-reactive ketones (excluding diaryl/α,β-unsaturated/α-hetero) is 1. The van der Waals surface area contributed by atoms with Crippen LogP contribution in [0.2, 0.25) is 0 Å². The summed E-state index contributed by atoms with van der Waals surface area (Å²) in [5.74, 6) is 0.131. The summed E-state index contributed by atoms with van der Waals surface area (Å²) in [7, 11) is 1.80. The first-order valence-electron chi connectivity index (χ1n) is 6.36. The van der Waals surface area contributed by atoms with Crippen LogP contribution in [0.25, 0.3) is 0 Å². The zero-order valence-corrected chi connectivity index (χ0v) is 11.0. The fraction of sp³-hybridized carbons (Fsp3) is 0.500. The maximum atomic E-state index is 12.0. The Morgan fingerprint density at radius 1 is 1.28 bits per heavy atom. The van der Waals surface area contributed by atoms with Crippen LogP contribution in [-0.4, -0.2) is 45.2 Å². The summed E-state index contributed by atoms with van der Waals surface area (Å²) in [6.45, 7) is 5.26. The topological polar surface area (TPSA) is 41.6 Å². The third-order valence-electron chi connectivity index (χ3n) is 3.35. The first kappa shape index (κ1) is 13.1. The number of ether oxygens (including phenoxy) is 1. The maximum Gasteiger partial charge on any atom is 0.179 e. The monoisotopic (exact) mass is 248 g/mol. The molecule has 1 heterocycles. The van der Waals surface area contributed by atoms with E-state index < -0.39 is 0 Å². The molecule has 4 heteroatoms. The Hall–Kier alpha value is -1.39. The van der Waals surface area contributed by atoms with Crippen molar-refractivity contribution in [2.45, 2.75) is 13.0 Å². The van der Waals surface area contributed by atoms with Crippen LogP contribution in [-0.2, 0) is 4.74 Å².